The second kappa shape index (κ2) is 8.55. The minimum absolute atomic E-state index is 0.200. The van der Waals surface area contributed by atoms with E-state index in [0.717, 1.165) is 11.3 Å². The summed E-state index contributed by atoms with van der Waals surface area (Å²) in [5.74, 6) is -0.200. The van der Waals surface area contributed by atoms with Crippen molar-refractivity contribution in [2.45, 2.75) is 32.9 Å². The quantitative estimate of drug-likeness (QED) is 0.691. The summed E-state index contributed by atoms with van der Waals surface area (Å²) in [4.78, 5) is 28.0. The summed E-state index contributed by atoms with van der Waals surface area (Å²) in [6, 6.07) is 14.3. The molecule has 3 rings (SSSR count). The fourth-order valence-electron chi connectivity index (χ4n) is 2.52. The van der Waals surface area contributed by atoms with Crippen molar-refractivity contribution in [1.82, 2.24) is 20.1 Å². The normalized spacial score (nSPS) is 11.0. The van der Waals surface area contributed by atoms with E-state index >= 15 is 0 Å². The van der Waals surface area contributed by atoms with Crippen LogP contribution in [0.4, 0.5) is 10.5 Å². The lowest BCUT2D eigenvalue weighted by Gasteiger charge is -2.19. The summed E-state index contributed by atoms with van der Waals surface area (Å²) < 4.78 is 6.86. The summed E-state index contributed by atoms with van der Waals surface area (Å²) >= 11 is 0. The molecule has 0 atom stereocenters. The van der Waals surface area contributed by atoms with E-state index in [0.29, 0.717) is 17.8 Å². The van der Waals surface area contributed by atoms with E-state index in [1.807, 2.05) is 24.3 Å². The first-order valence-corrected chi connectivity index (χ1v) is 9.12. The van der Waals surface area contributed by atoms with Gasteiger partial charge >= 0.3 is 6.09 Å². The van der Waals surface area contributed by atoms with Crippen molar-refractivity contribution in [3.63, 3.8) is 0 Å². The minimum atomic E-state index is -0.572. The standard InChI is InChI=1S/C21H23N5O3/c1-21(2,3)29-20(28)25-17-8-6-16(7-9-17)19(27)23-12-15-4-10-18(11-5-15)26-14-22-13-24-26/h4-11,13-14H,12H2,1-3H3,(H,23,27)(H,25,28). The van der Waals surface area contributed by atoms with Crippen LogP contribution in [0.5, 0.6) is 0 Å². The lowest BCUT2D eigenvalue weighted by molar-refractivity contribution is 0.0635. The topological polar surface area (TPSA) is 98.1 Å². The summed E-state index contributed by atoms with van der Waals surface area (Å²) in [7, 11) is 0. The molecule has 0 aliphatic heterocycles. The van der Waals surface area contributed by atoms with Crippen LogP contribution in [-0.4, -0.2) is 32.4 Å². The summed E-state index contributed by atoms with van der Waals surface area (Å²) in [6.45, 7) is 5.78. The molecule has 29 heavy (non-hydrogen) atoms. The molecule has 0 radical (unpaired) electrons. The molecule has 0 bridgehead atoms. The zero-order valence-electron chi connectivity index (χ0n) is 16.5. The predicted octanol–water partition coefficient (Wildman–Crippen LogP) is 3.54. The fraction of sp³-hybridized carbons (Fsp3) is 0.238. The van der Waals surface area contributed by atoms with Gasteiger partial charge in [-0.25, -0.2) is 14.5 Å². The average Bonchev–Trinajstić information content (AvgIpc) is 3.20. The van der Waals surface area contributed by atoms with Crippen LogP contribution in [0.15, 0.2) is 61.2 Å². The molecule has 3 aromatic rings. The molecule has 8 nitrogen and oxygen atoms in total. The van der Waals surface area contributed by atoms with Gasteiger partial charge in [0.2, 0.25) is 0 Å². The van der Waals surface area contributed by atoms with Gasteiger partial charge in [0.05, 0.1) is 5.69 Å². The summed E-state index contributed by atoms with van der Waals surface area (Å²) in [5, 5.41) is 9.58. The maximum Gasteiger partial charge on any atom is 0.412 e. The molecule has 0 fully saturated rings. The third-order valence-corrected chi connectivity index (χ3v) is 3.87. The summed E-state index contributed by atoms with van der Waals surface area (Å²) in [5.41, 5.74) is 2.34. The first kappa shape index (κ1) is 20.1. The highest BCUT2D eigenvalue weighted by atomic mass is 16.6. The Kier molecular flexibility index (Phi) is 5.92. The molecule has 0 aliphatic rings. The lowest BCUT2D eigenvalue weighted by atomic mass is 10.1. The number of carbonyl (C=O) groups is 2. The Hall–Kier alpha value is -3.68. The highest BCUT2D eigenvalue weighted by Crippen LogP contribution is 2.13. The van der Waals surface area contributed by atoms with Crippen molar-refractivity contribution in [1.29, 1.82) is 0 Å². The van der Waals surface area contributed by atoms with Gasteiger partial charge in [-0.1, -0.05) is 12.1 Å². The minimum Gasteiger partial charge on any atom is -0.444 e. The Labute approximate surface area is 168 Å². The van der Waals surface area contributed by atoms with Crippen LogP contribution in [0.1, 0.15) is 36.7 Å². The predicted molar refractivity (Wildman–Crippen MR) is 109 cm³/mol. The molecule has 0 saturated carbocycles. The zero-order chi connectivity index (χ0) is 20.9. The number of aromatic nitrogens is 3. The van der Waals surface area contributed by atoms with Crippen LogP contribution in [0.25, 0.3) is 5.69 Å². The van der Waals surface area contributed by atoms with Gasteiger partial charge in [0.1, 0.15) is 18.3 Å². The fourth-order valence-corrected chi connectivity index (χ4v) is 2.52. The average molecular weight is 393 g/mol. The molecular weight excluding hydrogens is 370 g/mol. The molecule has 2 aromatic carbocycles. The van der Waals surface area contributed by atoms with Gasteiger partial charge in [-0.15, -0.1) is 0 Å². The van der Waals surface area contributed by atoms with E-state index < -0.39 is 11.7 Å². The molecule has 2 amide bonds. The number of nitrogens with zero attached hydrogens (tertiary/aromatic N) is 3. The molecule has 1 heterocycles. The summed E-state index contributed by atoms with van der Waals surface area (Å²) in [6.07, 6.45) is 2.56. The smallest absolute Gasteiger partial charge is 0.412 e. The van der Waals surface area contributed by atoms with Crippen LogP contribution in [0.2, 0.25) is 0 Å². The van der Waals surface area contributed by atoms with Crippen LogP contribution in [0, 0.1) is 0 Å². The van der Waals surface area contributed by atoms with Crippen LogP contribution in [0.3, 0.4) is 0 Å². The Morgan fingerprint density at radius 1 is 1.03 bits per heavy atom. The van der Waals surface area contributed by atoms with E-state index in [4.69, 9.17) is 4.74 Å². The number of anilines is 1. The number of hydrogen-bond donors (Lipinski definition) is 2. The van der Waals surface area contributed by atoms with Gasteiger partial charge in [0.15, 0.2) is 0 Å². The van der Waals surface area contributed by atoms with Crippen LogP contribution < -0.4 is 10.6 Å². The lowest BCUT2D eigenvalue weighted by Crippen LogP contribution is -2.27. The molecular formula is C21H23N5O3. The Morgan fingerprint density at radius 3 is 2.31 bits per heavy atom. The van der Waals surface area contributed by atoms with E-state index in [1.165, 1.54) is 6.33 Å². The van der Waals surface area contributed by atoms with Gasteiger partial charge in [-0.3, -0.25) is 10.1 Å². The van der Waals surface area contributed by atoms with Gasteiger partial charge < -0.3 is 10.1 Å². The molecule has 0 spiro atoms. The molecule has 0 unspecified atom stereocenters. The van der Waals surface area contributed by atoms with Crippen molar-refractivity contribution in [2.24, 2.45) is 0 Å². The van der Waals surface area contributed by atoms with E-state index in [-0.39, 0.29) is 5.91 Å². The van der Waals surface area contributed by atoms with Crippen molar-refractivity contribution in [3.8, 4) is 5.69 Å². The highest BCUT2D eigenvalue weighted by molar-refractivity contribution is 5.95. The highest BCUT2D eigenvalue weighted by Gasteiger charge is 2.16. The number of nitrogens with one attached hydrogen (secondary N) is 2. The maximum absolute atomic E-state index is 12.3. The first-order chi connectivity index (χ1) is 13.8. The third-order valence-electron chi connectivity index (χ3n) is 3.87. The van der Waals surface area contributed by atoms with Crippen molar-refractivity contribution in [2.75, 3.05) is 5.32 Å². The van der Waals surface area contributed by atoms with Gasteiger partial charge in [-0.2, -0.15) is 5.10 Å². The molecule has 0 saturated heterocycles. The van der Waals surface area contributed by atoms with Gasteiger partial charge in [0, 0.05) is 17.8 Å². The second-order valence-electron chi connectivity index (χ2n) is 7.39. The Morgan fingerprint density at radius 2 is 1.72 bits per heavy atom. The zero-order valence-corrected chi connectivity index (χ0v) is 16.5. The molecule has 8 heteroatoms. The molecule has 2 N–H and O–H groups in total. The van der Waals surface area contributed by atoms with Crippen LogP contribution >= 0.6 is 0 Å². The SMILES string of the molecule is CC(C)(C)OC(=O)Nc1ccc(C(=O)NCc2ccc(-n3cncn3)cc2)cc1. The number of ether oxygens (including phenoxy) is 1. The second-order valence-corrected chi connectivity index (χ2v) is 7.39. The largest absolute Gasteiger partial charge is 0.444 e. The van der Waals surface area contributed by atoms with E-state index in [9.17, 15) is 9.59 Å². The monoisotopic (exact) mass is 393 g/mol. The van der Waals surface area contributed by atoms with Gasteiger partial charge in [-0.05, 0) is 62.7 Å². The third kappa shape index (κ3) is 5.90. The van der Waals surface area contributed by atoms with Gasteiger partial charge in [0.25, 0.3) is 5.91 Å². The Bertz CT molecular complexity index is 959. The number of benzene rings is 2. The van der Waals surface area contributed by atoms with Crippen molar-refractivity contribution >= 4 is 17.7 Å². The maximum atomic E-state index is 12.3. The van der Waals surface area contributed by atoms with E-state index in [1.54, 1.807) is 56.0 Å². The number of amides is 2. The van der Waals surface area contributed by atoms with Crippen LogP contribution in [-0.2, 0) is 11.3 Å². The molecule has 1 aromatic heterocycles. The van der Waals surface area contributed by atoms with E-state index in [2.05, 4.69) is 20.7 Å². The number of hydrogen-bond acceptors (Lipinski definition) is 5. The van der Waals surface area contributed by atoms with Crippen molar-refractivity contribution < 1.29 is 14.3 Å². The number of carbonyl (C=O) groups excluding carboxylic acids is 2. The molecule has 150 valence electrons. The Balaban J connectivity index is 1.52. The number of rotatable bonds is 5. The first-order valence-electron chi connectivity index (χ1n) is 9.12. The molecule has 0 aliphatic carbocycles. The van der Waals surface area contributed by atoms with Crippen molar-refractivity contribution in [3.05, 3.63) is 72.3 Å².